The first-order chi connectivity index (χ1) is 10.9. The Morgan fingerprint density at radius 3 is 2.17 bits per heavy atom. The topological polar surface area (TPSA) is 85.3 Å². The van der Waals surface area contributed by atoms with Gasteiger partial charge in [0.15, 0.2) is 0 Å². The second kappa shape index (κ2) is 6.87. The van der Waals surface area contributed by atoms with Crippen molar-refractivity contribution in [2.45, 2.75) is 25.5 Å². The standard InChI is InChI=1S/C16H21NO6/c1-9-13(22-3)5-10(6-14(9)23-4)15(18)17-8-11(21-2)7-12(17)16(19)20/h5-6,11-12H,7-8H2,1-4H3,(H,19,20). The van der Waals surface area contributed by atoms with Crippen LogP contribution in [-0.2, 0) is 9.53 Å². The predicted molar refractivity (Wildman–Crippen MR) is 82.2 cm³/mol. The lowest BCUT2D eigenvalue weighted by molar-refractivity contribution is -0.141. The highest BCUT2D eigenvalue weighted by molar-refractivity contribution is 5.98. The van der Waals surface area contributed by atoms with E-state index in [9.17, 15) is 14.7 Å². The van der Waals surface area contributed by atoms with E-state index >= 15 is 0 Å². The number of nitrogens with zero attached hydrogens (tertiary/aromatic N) is 1. The average molecular weight is 323 g/mol. The monoisotopic (exact) mass is 323 g/mol. The zero-order chi connectivity index (χ0) is 17.1. The van der Waals surface area contributed by atoms with Gasteiger partial charge in [0, 0.05) is 31.2 Å². The van der Waals surface area contributed by atoms with E-state index in [-0.39, 0.29) is 25.0 Å². The summed E-state index contributed by atoms with van der Waals surface area (Å²) in [5, 5.41) is 9.34. The van der Waals surface area contributed by atoms with Gasteiger partial charge < -0.3 is 24.2 Å². The maximum Gasteiger partial charge on any atom is 0.326 e. The fraction of sp³-hybridized carbons (Fsp3) is 0.500. The van der Waals surface area contributed by atoms with Gasteiger partial charge in [-0.05, 0) is 19.1 Å². The molecule has 1 N–H and O–H groups in total. The maximum absolute atomic E-state index is 12.8. The Bertz CT molecular complexity index is 590. The minimum Gasteiger partial charge on any atom is -0.496 e. The molecule has 2 unspecified atom stereocenters. The predicted octanol–water partition coefficient (Wildman–Crippen LogP) is 1.33. The van der Waals surface area contributed by atoms with Crippen LogP contribution in [0.4, 0.5) is 0 Å². The number of carbonyl (C=O) groups is 2. The Balaban J connectivity index is 2.37. The smallest absolute Gasteiger partial charge is 0.326 e. The van der Waals surface area contributed by atoms with Crippen molar-refractivity contribution in [3.63, 3.8) is 0 Å². The van der Waals surface area contributed by atoms with Gasteiger partial charge in [0.05, 0.1) is 20.3 Å². The zero-order valence-electron chi connectivity index (χ0n) is 13.7. The first-order valence-corrected chi connectivity index (χ1v) is 7.22. The van der Waals surface area contributed by atoms with Crippen molar-refractivity contribution < 1.29 is 28.9 Å². The summed E-state index contributed by atoms with van der Waals surface area (Å²) in [6.45, 7) is 2.06. The Morgan fingerprint density at radius 1 is 1.17 bits per heavy atom. The SMILES string of the molecule is COc1cc(C(=O)N2CC(OC)CC2C(=O)O)cc(OC)c1C. The number of aliphatic carboxylic acids is 1. The van der Waals surface area contributed by atoms with Gasteiger partial charge in [0.25, 0.3) is 5.91 Å². The molecule has 2 atom stereocenters. The zero-order valence-corrected chi connectivity index (χ0v) is 13.7. The number of likely N-dealkylation sites (tertiary alicyclic amines) is 1. The minimum absolute atomic E-state index is 0.241. The highest BCUT2D eigenvalue weighted by atomic mass is 16.5. The first-order valence-electron chi connectivity index (χ1n) is 7.22. The summed E-state index contributed by atoms with van der Waals surface area (Å²) in [6, 6.07) is 2.30. The fourth-order valence-electron chi connectivity index (χ4n) is 2.80. The third-order valence-electron chi connectivity index (χ3n) is 4.14. The van der Waals surface area contributed by atoms with Crippen molar-refractivity contribution >= 4 is 11.9 Å². The molecule has 1 aliphatic rings. The second-order valence-corrected chi connectivity index (χ2v) is 5.41. The molecule has 0 bridgehead atoms. The van der Waals surface area contributed by atoms with Crippen LogP contribution in [0.25, 0.3) is 0 Å². The van der Waals surface area contributed by atoms with Crippen LogP contribution in [0.2, 0.25) is 0 Å². The van der Waals surface area contributed by atoms with Crippen LogP contribution in [0.3, 0.4) is 0 Å². The number of hydrogen-bond acceptors (Lipinski definition) is 5. The van der Waals surface area contributed by atoms with E-state index in [1.807, 2.05) is 6.92 Å². The summed E-state index contributed by atoms with van der Waals surface area (Å²) in [5.74, 6) is -0.387. The lowest BCUT2D eigenvalue weighted by Gasteiger charge is -2.22. The quantitative estimate of drug-likeness (QED) is 0.880. The number of hydrogen-bond donors (Lipinski definition) is 1. The number of ether oxygens (including phenoxy) is 3. The Morgan fingerprint density at radius 2 is 1.74 bits per heavy atom. The second-order valence-electron chi connectivity index (χ2n) is 5.41. The summed E-state index contributed by atoms with van der Waals surface area (Å²) in [6.07, 6.45) is -0.00756. The molecule has 1 saturated heterocycles. The Hall–Kier alpha value is -2.28. The molecule has 0 aliphatic carbocycles. The number of amides is 1. The molecule has 1 amide bonds. The van der Waals surface area contributed by atoms with Crippen LogP contribution >= 0.6 is 0 Å². The fourth-order valence-corrected chi connectivity index (χ4v) is 2.80. The molecular formula is C16H21NO6. The van der Waals surface area contributed by atoms with Crippen LogP contribution in [0.15, 0.2) is 12.1 Å². The van der Waals surface area contributed by atoms with Crippen LogP contribution in [0, 0.1) is 6.92 Å². The van der Waals surface area contributed by atoms with E-state index < -0.39 is 12.0 Å². The molecule has 1 aromatic rings. The summed E-state index contributed by atoms with van der Waals surface area (Å²) in [4.78, 5) is 25.5. The third kappa shape index (κ3) is 3.24. The Kier molecular flexibility index (Phi) is 5.10. The molecule has 23 heavy (non-hydrogen) atoms. The summed E-state index contributed by atoms with van der Waals surface area (Å²) < 4.78 is 15.7. The van der Waals surface area contributed by atoms with Gasteiger partial charge in [-0.25, -0.2) is 4.79 Å². The largest absolute Gasteiger partial charge is 0.496 e. The van der Waals surface area contributed by atoms with Gasteiger partial charge in [-0.15, -0.1) is 0 Å². The highest BCUT2D eigenvalue weighted by Gasteiger charge is 2.40. The number of benzene rings is 1. The summed E-state index contributed by atoms with van der Waals surface area (Å²) in [5.41, 5.74) is 1.10. The normalized spacial score (nSPS) is 20.4. The van der Waals surface area contributed by atoms with Crippen molar-refractivity contribution in [1.29, 1.82) is 0 Å². The maximum atomic E-state index is 12.8. The number of carboxylic acids is 1. The summed E-state index contributed by atoms with van der Waals surface area (Å²) >= 11 is 0. The molecule has 1 fully saturated rings. The van der Waals surface area contributed by atoms with Crippen LogP contribution in [0.1, 0.15) is 22.3 Å². The lowest BCUT2D eigenvalue weighted by atomic mass is 10.1. The molecule has 2 rings (SSSR count). The Labute approximate surface area is 134 Å². The van der Waals surface area contributed by atoms with Crippen molar-refractivity contribution in [3.05, 3.63) is 23.3 Å². The molecule has 7 nitrogen and oxygen atoms in total. The average Bonchev–Trinajstić information content (AvgIpc) is 2.99. The van der Waals surface area contributed by atoms with E-state index in [2.05, 4.69) is 0 Å². The molecule has 126 valence electrons. The van der Waals surface area contributed by atoms with E-state index in [0.717, 1.165) is 5.56 Å². The highest BCUT2D eigenvalue weighted by Crippen LogP contribution is 2.31. The molecule has 0 radical (unpaired) electrons. The molecule has 7 heteroatoms. The number of carbonyl (C=O) groups excluding carboxylic acids is 1. The lowest BCUT2D eigenvalue weighted by Crippen LogP contribution is -2.40. The van der Waals surface area contributed by atoms with Gasteiger partial charge in [-0.3, -0.25) is 4.79 Å². The number of rotatable bonds is 5. The van der Waals surface area contributed by atoms with Gasteiger partial charge in [-0.2, -0.15) is 0 Å². The molecule has 1 heterocycles. The van der Waals surface area contributed by atoms with Crippen LogP contribution in [-0.4, -0.2) is 61.9 Å². The van der Waals surface area contributed by atoms with Gasteiger partial charge >= 0.3 is 5.97 Å². The van der Waals surface area contributed by atoms with E-state index in [4.69, 9.17) is 14.2 Å². The van der Waals surface area contributed by atoms with Crippen molar-refractivity contribution in [3.8, 4) is 11.5 Å². The van der Waals surface area contributed by atoms with Crippen LogP contribution in [0.5, 0.6) is 11.5 Å². The van der Waals surface area contributed by atoms with Gasteiger partial charge in [0.2, 0.25) is 0 Å². The van der Waals surface area contributed by atoms with E-state index in [0.29, 0.717) is 17.1 Å². The first kappa shape index (κ1) is 17.1. The van der Waals surface area contributed by atoms with Crippen molar-refractivity contribution in [2.75, 3.05) is 27.9 Å². The van der Waals surface area contributed by atoms with E-state index in [1.54, 1.807) is 12.1 Å². The van der Waals surface area contributed by atoms with E-state index in [1.165, 1.54) is 26.2 Å². The molecular weight excluding hydrogens is 302 g/mol. The van der Waals surface area contributed by atoms with Gasteiger partial charge in [-0.1, -0.05) is 0 Å². The third-order valence-corrected chi connectivity index (χ3v) is 4.14. The summed E-state index contributed by atoms with van der Waals surface area (Å²) in [7, 11) is 4.52. The molecule has 1 aromatic carbocycles. The molecule has 0 aromatic heterocycles. The minimum atomic E-state index is -1.04. The van der Waals surface area contributed by atoms with Crippen molar-refractivity contribution in [2.24, 2.45) is 0 Å². The number of methoxy groups -OCH3 is 3. The van der Waals surface area contributed by atoms with Gasteiger partial charge in [0.1, 0.15) is 17.5 Å². The van der Waals surface area contributed by atoms with Crippen molar-refractivity contribution in [1.82, 2.24) is 4.90 Å². The molecule has 0 spiro atoms. The van der Waals surface area contributed by atoms with Crippen LogP contribution < -0.4 is 9.47 Å². The number of carboxylic acid groups (broad SMARTS) is 1. The molecule has 1 aliphatic heterocycles. The molecule has 0 saturated carbocycles.